The van der Waals surface area contributed by atoms with Crippen molar-refractivity contribution in [3.8, 4) is 0 Å². The van der Waals surface area contributed by atoms with E-state index in [9.17, 15) is 13.2 Å². The Kier molecular flexibility index (Phi) is 5.19. The zero-order valence-corrected chi connectivity index (χ0v) is 16.8. The Balaban J connectivity index is 1.99. The number of amidine groups is 1. The molecular weight excluding hydrogens is 380 g/mol. The molecule has 136 valence electrons. The van der Waals surface area contributed by atoms with E-state index in [4.69, 9.17) is 11.6 Å². The largest absolute Gasteiger partial charge is 0.316 e. The topological polar surface area (TPSA) is 66.8 Å². The van der Waals surface area contributed by atoms with Gasteiger partial charge in [-0.3, -0.25) is 4.79 Å². The predicted octanol–water partition coefficient (Wildman–Crippen LogP) is 3.30. The molecule has 2 atom stereocenters. The number of rotatable bonds is 3. The summed E-state index contributed by atoms with van der Waals surface area (Å²) in [5.41, 5.74) is 1.73. The van der Waals surface area contributed by atoms with Gasteiger partial charge in [0.2, 0.25) is 5.91 Å². The number of nitrogens with zero attached hydrogens (tertiary/aromatic N) is 2. The Hall–Kier alpha value is -1.05. The minimum absolute atomic E-state index is 0.0769. The third-order valence-electron chi connectivity index (χ3n) is 4.30. The van der Waals surface area contributed by atoms with Crippen LogP contribution in [0.3, 0.4) is 0 Å². The van der Waals surface area contributed by atoms with Crippen molar-refractivity contribution in [3.05, 3.63) is 28.8 Å². The van der Waals surface area contributed by atoms with Crippen molar-refractivity contribution >= 4 is 50.0 Å². The van der Waals surface area contributed by atoms with Crippen LogP contribution in [0.15, 0.2) is 23.2 Å². The number of aliphatic imine (C=N–C) groups is 1. The molecule has 3 rings (SSSR count). The molecule has 0 aliphatic carbocycles. The maximum Gasteiger partial charge on any atom is 0.248 e. The fourth-order valence-electron chi connectivity index (χ4n) is 3.10. The van der Waals surface area contributed by atoms with Crippen molar-refractivity contribution in [2.75, 3.05) is 16.4 Å². The number of fused-ring (bicyclic) bond motifs is 1. The summed E-state index contributed by atoms with van der Waals surface area (Å²) in [5, 5.41) is 1.09. The molecule has 1 aromatic carbocycles. The number of aryl methyl sites for hydroxylation is 1. The Labute approximate surface area is 157 Å². The number of hydrogen-bond acceptors (Lipinski definition) is 4. The molecule has 0 bridgehead atoms. The summed E-state index contributed by atoms with van der Waals surface area (Å²) in [7, 11) is -3.07. The quantitative estimate of drug-likeness (QED) is 0.778. The third-order valence-corrected chi connectivity index (χ3v) is 7.92. The second kappa shape index (κ2) is 6.93. The molecule has 0 radical (unpaired) electrons. The van der Waals surface area contributed by atoms with Crippen LogP contribution in [0, 0.1) is 12.8 Å². The molecule has 2 heterocycles. The van der Waals surface area contributed by atoms with Crippen molar-refractivity contribution in [1.82, 2.24) is 0 Å². The Morgan fingerprint density at radius 3 is 2.76 bits per heavy atom. The van der Waals surface area contributed by atoms with E-state index in [1.54, 1.807) is 0 Å². The lowest BCUT2D eigenvalue weighted by Crippen LogP contribution is -2.37. The van der Waals surface area contributed by atoms with Gasteiger partial charge in [0.25, 0.3) is 0 Å². The molecule has 2 aliphatic heterocycles. The highest BCUT2D eigenvalue weighted by Crippen LogP contribution is 2.41. The SMILES string of the molecule is Cc1ccc(N2C(=NC(=O)CC(C)C)S[C@@H]3CS(=O)(=O)C[C@@H]32)cc1Cl. The highest BCUT2D eigenvalue weighted by Gasteiger charge is 2.49. The molecule has 0 unspecified atom stereocenters. The first-order chi connectivity index (χ1) is 11.7. The van der Waals surface area contributed by atoms with Gasteiger partial charge in [0, 0.05) is 22.4 Å². The monoisotopic (exact) mass is 400 g/mol. The first-order valence-electron chi connectivity index (χ1n) is 8.20. The van der Waals surface area contributed by atoms with Crippen LogP contribution in [-0.4, -0.2) is 42.3 Å². The molecule has 0 aromatic heterocycles. The van der Waals surface area contributed by atoms with Gasteiger partial charge in [-0.2, -0.15) is 4.99 Å². The van der Waals surface area contributed by atoms with Crippen LogP contribution in [0.5, 0.6) is 0 Å². The third kappa shape index (κ3) is 4.04. The zero-order chi connectivity index (χ0) is 18.4. The highest BCUT2D eigenvalue weighted by molar-refractivity contribution is 8.16. The van der Waals surface area contributed by atoms with E-state index in [0.717, 1.165) is 11.3 Å². The molecule has 5 nitrogen and oxygen atoms in total. The van der Waals surface area contributed by atoms with E-state index in [2.05, 4.69) is 4.99 Å². The fraction of sp³-hybridized carbons (Fsp3) is 0.529. The standard InChI is InChI=1S/C17H21ClN2O3S2/c1-10(2)6-16(21)19-17-20(12-5-4-11(3)13(18)7-12)14-8-25(22,23)9-15(14)24-17/h4-5,7,10,14-15H,6,8-9H2,1-3H3/t14-,15+/m0/s1. The smallest absolute Gasteiger partial charge is 0.248 e. The summed E-state index contributed by atoms with van der Waals surface area (Å²) in [6, 6.07) is 5.40. The summed E-state index contributed by atoms with van der Waals surface area (Å²) in [5.74, 6) is 0.248. The van der Waals surface area contributed by atoms with E-state index in [-0.39, 0.29) is 34.6 Å². The van der Waals surface area contributed by atoms with Crippen LogP contribution in [0.1, 0.15) is 25.8 Å². The molecule has 2 saturated heterocycles. The lowest BCUT2D eigenvalue weighted by atomic mass is 10.1. The van der Waals surface area contributed by atoms with Gasteiger partial charge in [-0.05, 0) is 30.5 Å². The van der Waals surface area contributed by atoms with Gasteiger partial charge in [0.15, 0.2) is 15.0 Å². The maximum atomic E-state index is 12.2. The molecule has 0 saturated carbocycles. The summed E-state index contributed by atoms with van der Waals surface area (Å²) in [6.07, 6.45) is 0.375. The first-order valence-corrected chi connectivity index (χ1v) is 11.3. The molecule has 0 N–H and O–H groups in total. The molecule has 2 aliphatic rings. The van der Waals surface area contributed by atoms with Crippen molar-refractivity contribution in [1.29, 1.82) is 0 Å². The Bertz CT molecular complexity index is 836. The van der Waals surface area contributed by atoms with Crippen LogP contribution >= 0.6 is 23.4 Å². The number of thioether (sulfide) groups is 1. The minimum Gasteiger partial charge on any atom is -0.316 e. The molecule has 8 heteroatoms. The number of amides is 1. The van der Waals surface area contributed by atoms with E-state index < -0.39 is 9.84 Å². The molecule has 1 aromatic rings. The van der Waals surface area contributed by atoms with E-state index in [1.165, 1.54) is 11.8 Å². The van der Waals surface area contributed by atoms with Crippen molar-refractivity contribution in [3.63, 3.8) is 0 Å². The van der Waals surface area contributed by atoms with E-state index >= 15 is 0 Å². The van der Waals surface area contributed by atoms with Gasteiger partial charge in [0.05, 0.1) is 17.5 Å². The average molecular weight is 401 g/mol. The first kappa shape index (κ1) is 18.7. The van der Waals surface area contributed by atoms with Crippen LogP contribution in [0.25, 0.3) is 0 Å². The van der Waals surface area contributed by atoms with Crippen LogP contribution in [0.2, 0.25) is 5.02 Å². The van der Waals surface area contributed by atoms with E-state index in [1.807, 2.05) is 43.9 Å². The van der Waals surface area contributed by atoms with Crippen LogP contribution in [0.4, 0.5) is 5.69 Å². The molecule has 0 spiro atoms. The van der Waals surface area contributed by atoms with Crippen molar-refractivity contribution in [2.45, 2.75) is 38.5 Å². The van der Waals surface area contributed by atoms with E-state index in [0.29, 0.717) is 16.6 Å². The van der Waals surface area contributed by atoms with Gasteiger partial charge >= 0.3 is 0 Å². The minimum atomic E-state index is -3.07. The number of sulfone groups is 1. The van der Waals surface area contributed by atoms with Gasteiger partial charge < -0.3 is 4.90 Å². The number of hydrogen-bond donors (Lipinski definition) is 0. The number of benzene rings is 1. The van der Waals surface area contributed by atoms with Gasteiger partial charge in [-0.1, -0.05) is 43.3 Å². The van der Waals surface area contributed by atoms with Crippen LogP contribution < -0.4 is 4.90 Å². The van der Waals surface area contributed by atoms with Crippen molar-refractivity contribution < 1.29 is 13.2 Å². The normalized spacial score (nSPS) is 26.4. The Morgan fingerprint density at radius 1 is 1.40 bits per heavy atom. The predicted molar refractivity (Wildman–Crippen MR) is 104 cm³/mol. The fourth-order valence-corrected chi connectivity index (χ4v) is 7.21. The zero-order valence-electron chi connectivity index (χ0n) is 14.4. The summed E-state index contributed by atoms with van der Waals surface area (Å²) in [4.78, 5) is 18.3. The van der Waals surface area contributed by atoms with Crippen LogP contribution in [-0.2, 0) is 14.6 Å². The molecule has 2 fully saturated rings. The Morgan fingerprint density at radius 2 is 2.12 bits per heavy atom. The average Bonchev–Trinajstić information content (AvgIpc) is 2.92. The lowest BCUT2D eigenvalue weighted by molar-refractivity contribution is -0.118. The van der Waals surface area contributed by atoms with Gasteiger partial charge in [-0.25, -0.2) is 8.42 Å². The second-order valence-corrected chi connectivity index (χ2v) is 10.8. The highest BCUT2D eigenvalue weighted by atomic mass is 35.5. The number of carbonyl (C=O) groups is 1. The number of anilines is 1. The second-order valence-electron chi connectivity index (χ2n) is 6.99. The number of halogens is 1. The van der Waals surface area contributed by atoms with Gasteiger partial charge in [0.1, 0.15) is 0 Å². The molecule has 25 heavy (non-hydrogen) atoms. The number of carbonyl (C=O) groups excluding carboxylic acids is 1. The summed E-state index contributed by atoms with van der Waals surface area (Å²) < 4.78 is 24.1. The summed E-state index contributed by atoms with van der Waals surface area (Å²) in [6.45, 7) is 5.85. The van der Waals surface area contributed by atoms with Gasteiger partial charge in [-0.15, -0.1) is 0 Å². The molecule has 1 amide bonds. The lowest BCUT2D eigenvalue weighted by Gasteiger charge is -2.25. The molecular formula is C17H21ClN2O3S2. The van der Waals surface area contributed by atoms with Crippen molar-refractivity contribution in [2.24, 2.45) is 10.9 Å². The maximum absolute atomic E-state index is 12.2. The summed E-state index contributed by atoms with van der Waals surface area (Å²) >= 11 is 7.64.